The number of nitrogens with zero attached hydrogens (tertiary/aromatic N) is 1. The Bertz CT molecular complexity index is 354. The van der Waals surface area contributed by atoms with Gasteiger partial charge in [0.1, 0.15) is 0 Å². The van der Waals surface area contributed by atoms with Crippen LogP contribution >= 0.6 is 12.4 Å². The van der Waals surface area contributed by atoms with Crippen molar-refractivity contribution in [3.63, 3.8) is 0 Å². The zero-order chi connectivity index (χ0) is 9.73. The van der Waals surface area contributed by atoms with Gasteiger partial charge in [0.2, 0.25) is 10.0 Å². The van der Waals surface area contributed by atoms with Crippen LogP contribution in [0.25, 0.3) is 0 Å². The van der Waals surface area contributed by atoms with E-state index in [1.807, 2.05) is 0 Å². The van der Waals surface area contributed by atoms with Gasteiger partial charge in [-0.2, -0.15) is 0 Å². The molecule has 0 aromatic carbocycles. The molecule has 0 saturated heterocycles. The van der Waals surface area contributed by atoms with E-state index in [4.69, 9.17) is 5.73 Å². The molecule has 5 nitrogen and oxygen atoms in total. The Kier molecular flexibility index (Phi) is 5.44. The molecule has 0 aliphatic rings. The van der Waals surface area contributed by atoms with E-state index in [-0.39, 0.29) is 24.7 Å². The fraction of sp³-hybridized carbons (Fsp3) is 0.286. The van der Waals surface area contributed by atoms with E-state index in [1.165, 1.54) is 6.20 Å². The van der Waals surface area contributed by atoms with Crippen LogP contribution in [0.2, 0.25) is 0 Å². The summed E-state index contributed by atoms with van der Waals surface area (Å²) in [6.07, 6.45) is 3.01. The van der Waals surface area contributed by atoms with Gasteiger partial charge in [-0.15, -0.1) is 12.4 Å². The maximum absolute atomic E-state index is 11.2. The van der Waals surface area contributed by atoms with Gasteiger partial charge >= 0.3 is 0 Å². The normalized spacial score (nSPS) is 10.4. The van der Waals surface area contributed by atoms with Gasteiger partial charge in [0, 0.05) is 12.7 Å². The predicted molar refractivity (Wildman–Crippen MR) is 57.9 cm³/mol. The van der Waals surface area contributed by atoms with Crippen molar-refractivity contribution in [2.45, 2.75) is 0 Å². The number of rotatable bonds is 4. The summed E-state index contributed by atoms with van der Waals surface area (Å²) in [6.45, 7) is 0.107. The van der Waals surface area contributed by atoms with E-state index in [0.717, 1.165) is 0 Å². The van der Waals surface area contributed by atoms with E-state index in [0.29, 0.717) is 5.69 Å². The molecule has 0 unspecified atom stereocenters. The van der Waals surface area contributed by atoms with Crippen LogP contribution in [0.1, 0.15) is 0 Å². The van der Waals surface area contributed by atoms with Crippen molar-refractivity contribution in [1.29, 1.82) is 0 Å². The largest absolute Gasteiger partial charge is 0.329 e. The molecule has 14 heavy (non-hydrogen) atoms. The van der Waals surface area contributed by atoms with Crippen molar-refractivity contribution in [3.8, 4) is 0 Å². The zero-order valence-corrected chi connectivity index (χ0v) is 9.01. The molecule has 0 fully saturated rings. The molecule has 0 saturated carbocycles. The van der Waals surface area contributed by atoms with Gasteiger partial charge in [0.15, 0.2) is 0 Å². The van der Waals surface area contributed by atoms with Crippen LogP contribution in [-0.2, 0) is 10.0 Å². The summed E-state index contributed by atoms with van der Waals surface area (Å²) < 4.78 is 24.7. The number of anilines is 1. The highest BCUT2D eigenvalue weighted by atomic mass is 35.5. The molecule has 1 aromatic rings. The standard InChI is InChI=1S/C7H11N3O2S.ClH/c8-3-5-13(11,12)10-7-2-1-4-9-6-7;/h1-2,4,6,10H,3,5,8H2;1H. The Morgan fingerprint density at radius 3 is 2.71 bits per heavy atom. The molecule has 0 amide bonds. The lowest BCUT2D eigenvalue weighted by atomic mass is 10.4. The maximum Gasteiger partial charge on any atom is 0.234 e. The molecule has 1 heterocycles. The molecule has 80 valence electrons. The number of nitrogens with one attached hydrogen (secondary N) is 1. The van der Waals surface area contributed by atoms with Crippen LogP contribution in [-0.4, -0.2) is 25.7 Å². The highest BCUT2D eigenvalue weighted by molar-refractivity contribution is 7.92. The fourth-order valence-corrected chi connectivity index (χ4v) is 1.70. The molecule has 0 spiro atoms. The molecular formula is C7H12ClN3O2S. The number of aromatic nitrogens is 1. The second-order valence-electron chi connectivity index (χ2n) is 2.45. The summed E-state index contributed by atoms with van der Waals surface area (Å²) in [6, 6.07) is 3.28. The van der Waals surface area contributed by atoms with Gasteiger partial charge in [-0.3, -0.25) is 9.71 Å². The summed E-state index contributed by atoms with van der Waals surface area (Å²) in [5.41, 5.74) is 5.59. The molecule has 0 bridgehead atoms. The summed E-state index contributed by atoms with van der Waals surface area (Å²) >= 11 is 0. The second-order valence-corrected chi connectivity index (χ2v) is 4.29. The third-order valence-electron chi connectivity index (χ3n) is 1.32. The lowest BCUT2D eigenvalue weighted by Gasteiger charge is -2.05. The molecular weight excluding hydrogens is 226 g/mol. The second kappa shape index (κ2) is 5.79. The maximum atomic E-state index is 11.2. The minimum atomic E-state index is -3.30. The molecule has 3 N–H and O–H groups in total. The topological polar surface area (TPSA) is 85.1 Å². The smallest absolute Gasteiger partial charge is 0.234 e. The molecule has 1 aromatic heterocycles. The van der Waals surface area contributed by atoms with E-state index >= 15 is 0 Å². The van der Waals surface area contributed by atoms with Crippen LogP contribution in [0.5, 0.6) is 0 Å². The fourth-order valence-electron chi connectivity index (χ4n) is 0.809. The van der Waals surface area contributed by atoms with Gasteiger partial charge in [-0.05, 0) is 12.1 Å². The minimum absolute atomic E-state index is 0. The molecule has 0 radical (unpaired) electrons. The lowest BCUT2D eigenvalue weighted by molar-refractivity contribution is 0.601. The van der Waals surface area contributed by atoms with Crippen molar-refractivity contribution in [2.24, 2.45) is 5.73 Å². The Morgan fingerprint density at radius 1 is 1.50 bits per heavy atom. The van der Waals surface area contributed by atoms with Crippen LogP contribution in [0.15, 0.2) is 24.5 Å². The third kappa shape index (κ3) is 4.40. The van der Waals surface area contributed by atoms with Crippen LogP contribution in [0, 0.1) is 0 Å². The first kappa shape index (κ1) is 13.2. The van der Waals surface area contributed by atoms with Crippen LogP contribution in [0.4, 0.5) is 5.69 Å². The van der Waals surface area contributed by atoms with Crippen molar-refractivity contribution < 1.29 is 8.42 Å². The van der Waals surface area contributed by atoms with Crippen molar-refractivity contribution >= 4 is 28.1 Å². The predicted octanol–water partition coefficient (Wildman–Crippen LogP) is 0.204. The first-order valence-corrected chi connectivity index (χ1v) is 5.40. The Balaban J connectivity index is 0.00000169. The van der Waals surface area contributed by atoms with Gasteiger partial charge in [0.25, 0.3) is 0 Å². The molecule has 7 heteroatoms. The van der Waals surface area contributed by atoms with Gasteiger partial charge in [-0.25, -0.2) is 8.42 Å². The molecule has 0 aliphatic carbocycles. The Morgan fingerprint density at radius 2 is 2.21 bits per heavy atom. The van der Waals surface area contributed by atoms with E-state index in [9.17, 15) is 8.42 Å². The summed E-state index contributed by atoms with van der Waals surface area (Å²) in [5.74, 6) is -0.0815. The Hall–Kier alpha value is -0.850. The lowest BCUT2D eigenvalue weighted by Crippen LogP contribution is -2.22. The van der Waals surface area contributed by atoms with Crippen LogP contribution < -0.4 is 10.5 Å². The SMILES string of the molecule is Cl.NCCS(=O)(=O)Nc1cccnc1. The number of hydrogen-bond donors (Lipinski definition) is 2. The first-order chi connectivity index (χ1) is 6.14. The van der Waals surface area contributed by atoms with E-state index in [2.05, 4.69) is 9.71 Å². The van der Waals surface area contributed by atoms with Crippen molar-refractivity contribution in [3.05, 3.63) is 24.5 Å². The summed E-state index contributed by atoms with van der Waals surface area (Å²) in [5, 5.41) is 0. The quantitative estimate of drug-likeness (QED) is 0.784. The van der Waals surface area contributed by atoms with E-state index in [1.54, 1.807) is 18.3 Å². The van der Waals surface area contributed by atoms with Gasteiger partial charge in [-0.1, -0.05) is 0 Å². The molecule has 1 rings (SSSR count). The number of pyridine rings is 1. The molecule has 0 aliphatic heterocycles. The van der Waals surface area contributed by atoms with Crippen molar-refractivity contribution in [1.82, 2.24) is 4.98 Å². The third-order valence-corrected chi connectivity index (χ3v) is 2.64. The average molecular weight is 238 g/mol. The summed E-state index contributed by atoms with van der Waals surface area (Å²) in [4.78, 5) is 3.77. The minimum Gasteiger partial charge on any atom is -0.329 e. The average Bonchev–Trinajstić information content (AvgIpc) is 2.04. The summed E-state index contributed by atoms with van der Waals surface area (Å²) in [7, 11) is -3.30. The Labute approximate surface area is 89.2 Å². The van der Waals surface area contributed by atoms with Gasteiger partial charge < -0.3 is 5.73 Å². The first-order valence-electron chi connectivity index (χ1n) is 3.74. The number of halogens is 1. The van der Waals surface area contributed by atoms with Gasteiger partial charge in [0.05, 0.1) is 17.6 Å². The highest BCUT2D eigenvalue weighted by Crippen LogP contribution is 2.05. The molecule has 0 atom stereocenters. The van der Waals surface area contributed by atoms with Crippen LogP contribution in [0.3, 0.4) is 0 Å². The number of nitrogens with two attached hydrogens (primary N) is 1. The number of hydrogen-bond acceptors (Lipinski definition) is 4. The monoisotopic (exact) mass is 237 g/mol. The van der Waals surface area contributed by atoms with E-state index < -0.39 is 10.0 Å². The zero-order valence-electron chi connectivity index (χ0n) is 7.38. The van der Waals surface area contributed by atoms with Crippen molar-refractivity contribution in [2.75, 3.05) is 17.0 Å². The highest BCUT2D eigenvalue weighted by Gasteiger charge is 2.07. The number of sulfonamides is 1.